The molecule has 142 valence electrons. The second kappa shape index (κ2) is 7.69. The fourth-order valence-corrected chi connectivity index (χ4v) is 3.99. The summed E-state index contributed by atoms with van der Waals surface area (Å²) in [6.07, 6.45) is 8.07. The minimum atomic E-state index is -0.351. The van der Waals surface area contributed by atoms with Crippen LogP contribution in [0.1, 0.15) is 54.0 Å². The van der Waals surface area contributed by atoms with E-state index in [1.54, 1.807) is 12.1 Å². The number of halogens is 1. The second-order valence-corrected chi connectivity index (χ2v) is 8.13. The minimum Gasteiger partial charge on any atom is -0.486 e. The van der Waals surface area contributed by atoms with E-state index < -0.39 is 0 Å². The zero-order valence-electron chi connectivity index (χ0n) is 17.1. The molecule has 26 heavy (non-hydrogen) atoms. The first-order chi connectivity index (χ1) is 12.1. The highest BCUT2D eigenvalue weighted by Crippen LogP contribution is 2.50. The number of hydrogen-bond acceptors (Lipinski definition) is 2. The first kappa shape index (κ1) is 20.3. The predicted molar refractivity (Wildman–Crippen MR) is 107 cm³/mol. The number of allylic oxidation sites excluding steroid dienone is 6. The fraction of sp³-hybridized carbons (Fsp3) is 0.478. The summed E-state index contributed by atoms with van der Waals surface area (Å²) >= 11 is 0. The predicted octanol–water partition coefficient (Wildman–Crippen LogP) is 6.58. The highest BCUT2D eigenvalue weighted by atomic mass is 19.1. The van der Waals surface area contributed by atoms with E-state index in [4.69, 9.17) is 9.47 Å². The van der Waals surface area contributed by atoms with E-state index in [9.17, 15) is 0 Å². The minimum absolute atomic E-state index is 0.0302. The Labute approximate surface area is 157 Å². The molecular weight excluding hydrogens is 327 g/mol. The molecule has 0 bridgehead atoms. The highest BCUT2D eigenvalue weighted by molar-refractivity contribution is 5.76. The van der Waals surface area contributed by atoms with Crippen molar-refractivity contribution < 1.29 is 13.9 Å². The molecule has 2 rings (SSSR count). The maximum absolute atomic E-state index is 15.3. The Morgan fingerprint density at radius 2 is 1.69 bits per heavy atom. The van der Waals surface area contributed by atoms with E-state index in [1.807, 2.05) is 25.2 Å². The molecular formula is C23H31FO2. The summed E-state index contributed by atoms with van der Waals surface area (Å²) in [6, 6.07) is 3.61. The van der Waals surface area contributed by atoms with E-state index in [2.05, 4.69) is 47.6 Å². The van der Waals surface area contributed by atoms with E-state index in [0.717, 1.165) is 5.57 Å². The lowest BCUT2D eigenvalue weighted by molar-refractivity contribution is 0.164. The molecule has 2 nitrogen and oxygen atoms in total. The Kier molecular flexibility index (Phi) is 6.00. The summed E-state index contributed by atoms with van der Waals surface area (Å²) in [4.78, 5) is 0. The van der Waals surface area contributed by atoms with Crippen LogP contribution in [0.3, 0.4) is 0 Å². The summed E-state index contributed by atoms with van der Waals surface area (Å²) in [5.41, 5.74) is 2.36. The van der Waals surface area contributed by atoms with Crippen LogP contribution < -0.4 is 9.47 Å². The van der Waals surface area contributed by atoms with Crippen molar-refractivity contribution in [2.24, 2.45) is 10.8 Å². The molecule has 0 unspecified atom stereocenters. The van der Waals surface area contributed by atoms with Crippen LogP contribution in [0.15, 0.2) is 42.0 Å². The molecule has 1 heterocycles. The van der Waals surface area contributed by atoms with Gasteiger partial charge < -0.3 is 9.47 Å². The van der Waals surface area contributed by atoms with Crippen molar-refractivity contribution in [3.63, 3.8) is 0 Å². The smallest absolute Gasteiger partial charge is 0.197 e. The van der Waals surface area contributed by atoms with Crippen molar-refractivity contribution in [1.29, 1.82) is 0 Å². The average molecular weight is 358 g/mol. The third kappa shape index (κ3) is 3.87. The first-order valence-electron chi connectivity index (χ1n) is 9.23. The lowest BCUT2D eigenvalue weighted by atomic mass is 9.65. The van der Waals surface area contributed by atoms with Crippen LogP contribution in [0.5, 0.6) is 11.5 Å². The van der Waals surface area contributed by atoms with E-state index >= 15 is 4.39 Å². The largest absolute Gasteiger partial charge is 0.486 e. The molecule has 0 fully saturated rings. The van der Waals surface area contributed by atoms with Gasteiger partial charge in [0, 0.05) is 11.0 Å². The van der Waals surface area contributed by atoms with Crippen LogP contribution in [-0.4, -0.2) is 13.2 Å². The molecule has 3 heteroatoms. The quantitative estimate of drug-likeness (QED) is 0.447. The molecule has 0 radical (unpaired) electrons. The van der Waals surface area contributed by atoms with Gasteiger partial charge in [-0.3, -0.25) is 0 Å². The average Bonchev–Trinajstić information content (AvgIpc) is 2.56. The zero-order valence-corrected chi connectivity index (χ0v) is 17.1. The molecule has 0 spiro atoms. The molecule has 0 N–H and O–H groups in total. The Morgan fingerprint density at radius 3 is 2.27 bits per heavy atom. The molecule has 1 aliphatic heterocycles. The first-order valence-corrected chi connectivity index (χ1v) is 9.23. The van der Waals surface area contributed by atoms with Gasteiger partial charge in [0.25, 0.3) is 0 Å². The summed E-state index contributed by atoms with van der Waals surface area (Å²) in [5, 5.41) is 0. The van der Waals surface area contributed by atoms with E-state index in [1.165, 1.54) is 5.57 Å². The van der Waals surface area contributed by atoms with Crippen molar-refractivity contribution in [2.75, 3.05) is 13.2 Å². The molecule has 0 atom stereocenters. The van der Waals surface area contributed by atoms with Gasteiger partial charge in [-0.1, -0.05) is 64.5 Å². The van der Waals surface area contributed by atoms with Gasteiger partial charge in [0.05, 0.1) is 0 Å². The number of hydrogen-bond donors (Lipinski definition) is 0. The van der Waals surface area contributed by atoms with Crippen LogP contribution in [0.25, 0.3) is 5.57 Å². The molecule has 1 aromatic rings. The van der Waals surface area contributed by atoms with Gasteiger partial charge in [-0.2, -0.15) is 0 Å². The van der Waals surface area contributed by atoms with Gasteiger partial charge in [0.1, 0.15) is 13.2 Å². The second-order valence-electron chi connectivity index (χ2n) is 8.13. The standard InChI is InChI=1S/C23H31FO2/c1-8-10-11-17(23(6,7)19(9-2)22(3,4)5)16-12-13-18-21(20(16)24)26-15-14-25-18/h8-13H,14-15H2,1-7H3/b10-8-,17-11-,19-9+. The third-order valence-corrected chi connectivity index (χ3v) is 4.84. The van der Waals surface area contributed by atoms with Crippen molar-refractivity contribution in [1.82, 2.24) is 0 Å². The summed E-state index contributed by atoms with van der Waals surface area (Å²) in [7, 11) is 0. The van der Waals surface area contributed by atoms with Crippen LogP contribution in [-0.2, 0) is 0 Å². The van der Waals surface area contributed by atoms with Crippen LogP contribution in [0.2, 0.25) is 0 Å². The zero-order chi connectivity index (χ0) is 19.5. The van der Waals surface area contributed by atoms with E-state index in [0.29, 0.717) is 24.5 Å². The van der Waals surface area contributed by atoms with Gasteiger partial charge in [-0.15, -0.1) is 0 Å². The molecule has 0 saturated heterocycles. The Hall–Kier alpha value is -2.03. The van der Waals surface area contributed by atoms with Crippen LogP contribution in [0, 0.1) is 16.6 Å². The molecule has 0 saturated carbocycles. The molecule has 0 aromatic heterocycles. The van der Waals surface area contributed by atoms with Gasteiger partial charge in [-0.05, 0) is 37.0 Å². The lowest BCUT2D eigenvalue weighted by Gasteiger charge is -2.39. The lowest BCUT2D eigenvalue weighted by Crippen LogP contribution is -2.27. The molecule has 0 aliphatic carbocycles. The Bertz CT molecular complexity index is 746. The van der Waals surface area contributed by atoms with E-state index in [-0.39, 0.29) is 22.4 Å². The third-order valence-electron chi connectivity index (χ3n) is 4.84. The maximum atomic E-state index is 15.3. The molecule has 1 aromatic carbocycles. The van der Waals surface area contributed by atoms with Gasteiger partial charge in [-0.25, -0.2) is 4.39 Å². The van der Waals surface area contributed by atoms with Gasteiger partial charge >= 0.3 is 0 Å². The molecule has 0 amide bonds. The highest BCUT2D eigenvalue weighted by Gasteiger charge is 2.36. The number of ether oxygens (including phenoxy) is 2. The SMILES string of the molecule is C/C=C\C=C(\c1ccc2c(c1F)OCCO2)C(C)(C)/C(=C/C)C(C)(C)C. The summed E-state index contributed by atoms with van der Waals surface area (Å²) < 4.78 is 26.4. The summed E-state index contributed by atoms with van der Waals surface area (Å²) in [6.45, 7) is 15.7. The Balaban J connectivity index is 2.67. The fourth-order valence-electron chi connectivity index (χ4n) is 3.99. The number of rotatable bonds is 4. The number of benzene rings is 1. The topological polar surface area (TPSA) is 18.5 Å². The maximum Gasteiger partial charge on any atom is 0.197 e. The van der Waals surface area contributed by atoms with Crippen molar-refractivity contribution in [2.45, 2.75) is 48.5 Å². The van der Waals surface area contributed by atoms with Crippen molar-refractivity contribution in [3.8, 4) is 11.5 Å². The van der Waals surface area contributed by atoms with Crippen molar-refractivity contribution >= 4 is 5.57 Å². The molecule has 1 aliphatic rings. The van der Waals surface area contributed by atoms with Gasteiger partial charge in [0.2, 0.25) is 0 Å². The van der Waals surface area contributed by atoms with Crippen LogP contribution >= 0.6 is 0 Å². The normalized spacial score (nSPS) is 16.3. The Morgan fingerprint density at radius 1 is 1.04 bits per heavy atom. The number of fused-ring (bicyclic) bond motifs is 1. The summed E-state index contributed by atoms with van der Waals surface area (Å²) in [5.74, 6) is 0.340. The van der Waals surface area contributed by atoms with Crippen molar-refractivity contribution in [3.05, 3.63) is 53.4 Å². The van der Waals surface area contributed by atoms with Crippen LogP contribution in [0.4, 0.5) is 4.39 Å². The monoisotopic (exact) mass is 358 g/mol. The van der Waals surface area contributed by atoms with Gasteiger partial charge in [0.15, 0.2) is 17.3 Å².